The summed E-state index contributed by atoms with van der Waals surface area (Å²) in [6.07, 6.45) is 0. The summed E-state index contributed by atoms with van der Waals surface area (Å²) in [5.41, 5.74) is -0.278. The number of rotatable bonds is 4. The molecule has 1 aromatic heterocycles. The normalized spacial score (nSPS) is 10.2. The average molecular weight is 281 g/mol. The maximum Gasteiger partial charge on any atom is 0.323 e. The summed E-state index contributed by atoms with van der Waals surface area (Å²) >= 11 is 0.888. The highest BCUT2D eigenvalue weighted by atomic mass is 32.1. The molecule has 0 atom stereocenters. The van der Waals surface area contributed by atoms with E-state index in [9.17, 15) is 19.3 Å². The number of thiophene rings is 1. The first-order chi connectivity index (χ1) is 8.97. The van der Waals surface area contributed by atoms with Gasteiger partial charge in [0.25, 0.3) is 5.06 Å². The van der Waals surface area contributed by atoms with Crippen molar-refractivity contribution in [2.45, 2.75) is 6.92 Å². The van der Waals surface area contributed by atoms with E-state index in [0.717, 1.165) is 11.3 Å². The fraction of sp³-hybridized carbons (Fsp3) is 0.0833. The fourth-order valence-electron chi connectivity index (χ4n) is 1.35. The maximum absolute atomic E-state index is 12.7. The molecule has 0 spiro atoms. The number of benzene rings is 1. The lowest BCUT2D eigenvalue weighted by molar-refractivity contribution is -0.385. The molecule has 19 heavy (non-hydrogen) atoms. The van der Waals surface area contributed by atoms with E-state index in [2.05, 4.69) is 0 Å². The van der Waals surface area contributed by atoms with Crippen LogP contribution < -0.4 is 4.74 Å². The highest BCUT2D eigenvalue weighted by Crippen LogP contribution is 2.39. The zero-order chi connectivity index (χ0) is 14.0. The van der Waals surface area contributed by atoms with Gasteiger partial charge < -0.3 is 4.74 Å². The molecule has 0 fully saturated rings. The number of ketones is 1. The van der Waals surface area contributed by atoms with Crippen molar-refractivity contribution in [3.05, 3.63) is 51.1 Å². The Kier molecular flexibility index (Phi) is 3.57. The Labute approximate surface area is 111 Å². The lowest BCUT2D eigenvalue weighted by atomic mass is 10.3. The van der Waals surface area contributed by atoms with Crippen molar-refractivity contribution in [1.82, 2.24) is 0 Å². The summed E-state index contributed by atoms with van der Waals surface area (Å²) < 4.78 is 18.1. The number of hydrogen-bond acceptors (Lipinski definition) is 5. The Hall–Kier alpha value is -2.28. The van der Waals surface area contributed by atoms with Crippen LogP contribution in [0, 0.1) is 15.9 Å². The van der Waals surface area contributed by atoms with Gasteiger partial charge in [0, 0.05) is 6.07 Å². The molecule has 0 aliphatic rings. The minimum Gasteiger partial charge on any atom is -0.440 e. The summed E-state index contributed by atoms with van der Waals surface area (Å²) in [5.74, 6) is -0.444. The molecule has 0 saturated heterocycles. The van der Waals surface area contributed by atoms with Gasteiger partial charge in [0.15, 0.2) is 5.78 Å². The van der Waals surface area contributed by atoms with Gasteiger partial charge in [-0.1, -0.05) is 11.3 Å². The minimum absolute atomic E-state index is 0.00167. The van der Waals surface area contributed by atoms with E-state index in [-0.39, 0.29) is 27.2 Å². The lowest BCUT2D eigenvalue weighted by Gasteiger charge is -2.01. The SMILES string of the molecule is CC(=O)c1cc([N+](=O)[O-])c(Oc2ccc(F)cc2)s1. The molecule has 0 saturated carbocycles. The van der Waals surface area contributed by atoms with Gasteiger partial charge in [-0.15, -0.1) is 0 Å². The molecule has 98 valence electrons. The molecule has 1 heterocycles. The van der Waals surface area contributed by atoms with E-state index in [1.165, 1.54) is 37.3 Å². The number of Topliss-reactive ketones (excluding diaryl/α,β-unsaturated/α-hetero) is 1. The van der Waals surface area contributed by atoms with Crippen molar-refractivity contribution >= 4 is 22.8 Å². The van der Waals surface area contributed by atoms with Crippen LogP contribution in [0.2, 0.25) is 0 Å². The molecule has 0 aliphatic carbocycles. The molecule has 1 aromatic carbocycles. The first-order valence-corrected chi connectivity index (χ1v) is 6.01. The fourth-order valence-corrected chi connectivity index (χ4v) is 2.24. The average Bonchev–Trinajstić information content (AvgIpc) is 2.76. The lowest BCUT2D eigenvalue weighted by Crippen LogP contribution is -1.89. The third kappa shape index (κ3) is 2.94. The van der Waals surface area contributed by atoms with Crippen LogP contribution in [0.25, 0.3) is 0 Å². The van der Waals surface area contributed by atoms with Crippen LogP contribution in [0.3, 0.4) is 0 Å². The Morgan fingerprint density at radius 3 is 2.53 bits per heavy atom. The molecular weight excluding hydrogens is 273 g/mol. The maximum atomic E-state index is 12.7. The highest BCUT2D eigenvalue weighted by molar-refractivity contribution is 7.16. The zero-order valence-electron chi connectivity index (χ0n) is 9.75. The summed E-state index contributed by atoms with van der Waals surface area (Å²) in [7, 11) is 0. The predicted octanol–water partition coefficient (Wildman–Crippen LogP) is 3.79. The number of nitro groups is 1. The van der Waals surface area contributed by atoms with Crippen molar-refractivity contribution in [1.29, 1.82) is 0 Å². The van der Waals surface area contributed by atoms with Crippen LogP contribution in [0.1, 0.15) is 16.6 Å². The second kappa shape index (κ2) is 5.15. The van der Waals surface area contributed by atoms with E-state index >= 15 is 0 Å². The van der Waals surface area contributed by atoms with Gasteiger partial charge in [0.1, 0.15) is 11.6 Å². The molecule has 0 N–H and O–H groups in total. The van der Waals surface area contributed by atoms with Crippen molar-refractivity contribution in [3.8, 4) is 10.8 Å². The largest absolute Gasteiger partial charge is 0.440 e. The van der Waals surface area contributed by atoms with Gasteiger partial charge in [-0.2, -0.15) is 0 Å². The number of nitrogens with zero attached hydrogens (tertiary/aromatic N) is 1. The van der Waals surface area contributed by atoms with Crippen LogP contribution in [0.4, 0.5) is 10.1 Å². The van der Waals surface area contributed by atoms with Crippen molar-refractivity contribution in [3.63, 3.8) is 0 Å². The van der Waals surface area contributed by atoms with Crippen molar-refractivity contribution in [2.24, 2.45) is 0 Å². The van der Waals surface area contributed by atoms with Gasteiger partial charge in [0.2, 0.25) is 0 Å². The van der Waals surface area contributed by atoms with Crippen LogP contribution >= 0.6 is 11.3 Å². The van der Waals surface area contributed by atoms with Gasteiger partial charge in [-0.3, -0.25) is 14.9 Å². The summed E-state index contributed by atoms with van der Waals surface area (Å²) in [6, 6.07) is 6.24. The van der Waals surface area contributed by atoms with Crippen LogP contribution in [-0.4, -0.2) is 10.7 Å². The van der Waals surface area contributed by atoms with E-state index in [1.807, 2.05) is 0 Å². The predicted molar refractivity (Wildman–Crippen MR) is 67.5 cm³/mol. The van der Waals surface area contributed by atoms with E-state index in [4.69, 9.17) is 4.74 Å². The molecule has 0 aliphatic heterocycles. The summed E-state index contributed by atoms with van der Waals surface area (Å²) in [4.78, 5) is 21.7. The standard InChI is InChI=1S/C12H8FNO4S/c1-7(15)11-6-10(14(16)17)12(19-11)18-9-4-2-8(13)3-5-9/h2-6H,1H3. The van der Waals surface area contributed by atoms with E-state index in [0.29, 0.717) is 0 Å². The van der Waals surface area contributed by atoms with Crippen LogP contribution in [-0.2, 0) is 0 Å². The third-order valence-electron chi connectivity index (χ3n) is 2.25. The van der Waals surface area contributed by atoms with Crippen LogP contribution in [0.5, 0.6) is 10.8 Å². The Balaban J connectivity index is 2.35. The molecule has 7 heteroatoms. The minimum atomic E-state index is -0.623. The smallest absolute Gasteiger partial charge is 0.323 e. The second-order valence-corrected chi connectivity index (χ2v) is 4.67. The first kappa shape index (κ1) is 13.2. The molecular formula is C12H8FNO4S. The van der Waals surface area contributed by atoms with Gasteiger partial charge in [-0.25, -0.2) is 4.39 Å². The number of halogens is 1. The molecule has 0 bridgehead atoms. The molecule has 2 aromatic rings. The summed E-state index contributed by atoms with van der Waals surface area (Å²) in [5, 5.41) is 10.9. The Morgan fingerprint density at radius 2 is 2.00 bits per heavy atom. The van der Waals surface area contributed by atoms with Crippen LogP contribution in [0.15, 0.2) is 30.3 Å². The second-order valence-electron chi connectivity index (χ2n) is 3.65. The number of carbonyl (C=O) groups is 1. The monoisotopic (exact) mass is 281 g/mol. The molecule has 0 amide bonds. The number of carbonyl (C=O) groups excluding carboxylic acids is 1. The number of hydrogen-bond donors (Lipinski definition) is 0. The first-order valence-electron chi connectivity index (χ1n) is 5.20. The molecule has 0 radical (unpaired) electrons. The Morgan fingerprint density at radius 1 is 1.37 bits per heavy atom. The number of ether oxygens (including phenoxy) is 1. The molecule has 5 nitrogen and oxygen atoms in total. The van der Waals surface area contributed by atoms with Crippen molar-refractivity contribution < 1.29 is 18.8 Å². The van der Waals surface area contributed by atoms with Crippen molar-refractivity contribution in [2.75, 3.05) is 0 Å². The van der Waals surface area contributed by atoms with Gasteiger partial charge in [-0.05, 0) is 31.2 Å². The van der Waals surface area contributed by atoms with E-state index in [1.54, 1.807) is 0 Å². The van der Waals surface area contributed by atoms with Gasteiger partial charge in [0.05, 0.1) is 9.80 Å². The summed E-state index contributed by atoms with van der Waals surface area (Å²) in [6.45, 7) is 1.32. The third-order valence-corrected chi connectivity index (χ3v) is 3.35. The Bertz CT molecular complexity index is 636. The zero-order valence-corrected chi connectivity index (χ0v) is 10.6. The van der Waals surface area contributed by atoms with E-state index < -0.39 is 10.7 Å². The topological polar surface area (TPSA) is 69.4 Å². The molecule has 2 rings (SSSR count). The quantitative estimate of drug-likeness (QED) is 0.485. The molecule has 0 unspecified atom stereocenters. The highest BCUT2D eigenvalue weighted by Gasteiger charge is 2.22. The van der Waals surface area contributed by atoms with Gasteiger partial charge >= 0.3 is 5.69 Å².